The van der Waals surface area contributed by atoms with E-state index in [1.807, 2.05) is 30.3 Å². The van der Waals surface area contributed by atoms with Crippen LogP contribution in [0.2, 0.25) is 0 Å². The van der Waals surface area contributed by atoms with E-state index in [1.54, 1.807) is 60.9 Å². The topological polar surface area (TPSA) is 89.5 Å². The molecule has 1 aliphatic rings. The smallest absolute Gasteiger partial charge is 0.266 e. The molecule has 7 heteroatoms. The van der Waals surface area contributed by atoms with Gasteiger partial charge in [0.1, 0.15) is 0 Å². The van der Waals surface area contributed by atoms with Crippen LogP contribution >= 0.6 is 0 Å². The van der Waals surface area contributed by atoms with Crippen LogP contribution in [0.25, 0.3) is 28.2 Å². The minimum Gasteiger partial charge on any atom is -0.461 e. The molecule has 0 aliphatic carbocycles. The van der Waals surface area contributed by atoms with Crippen LogP contribution in [0.3, 0.4) is 0 Å². The Morgan fingerprint density at radius 1 is 0.946 bits per heavy atom. The van der Waals surface area contributed by atoms with Crippen LogP contribution in [0.15, 0.2) is 124 Å². The SMILES string of the molecule is O=C(/C=C/C1=NNC(c2ccccc2)C1)c1ccc(-n2c(-c3ccco3)nc3ccccc3c2=O)cc1. The van der Waals surface area contributed by atoms with Gasteiger partial charge < -0.3 is 9.84 Å². The first-order chi connectivity index (χ1) is 18.2. The summed E-state index contributed by atoms with van der Waals surface area (Å²) in [5.41, 5.74) is 6.57. The summed E-state index contributed by atoms with van der Waals surface area (Å²) < 4.78 is 7.07. The Hall–Kier alpha value is -5.04. The standard InChI is InChI=1S/C30H22N4O3/c35-27(17-14-22-19-26(33-32-22)20-7-2-1-3-8-20)21-12-15-23(16-13-21)34-29(28-11-6-18-37-28)31-25-10-5-4-9-24(25)30(34)36/h1-18,26,33H,19H2/b17-14+. The van der Waals surface area contributed by atoms with Crippen LogP contribution in [-0.4, -0.2) is 21.0 Å². The fraction of sp³-hybridized carbons (Fsp3) is 0.0667. The Labute approximate surface area is 212 Å². The van der Waals surface area contributed by atoms with Gasteiger partial charge in [-0.1, -0.05) is 42.5 Å². The van der Waals surface area contributed by atoms with Crippen molar-refractivity contribution in [2.45, 2.75) is 12.5 Å². The molecular formula is C30H22N4O3. The van der Waals surface area contributed by atoms with Crippen molar-refractivity contribution < 1.29 is 9.21 Å². The van der Waals surface area contributed by atoms with E-state index in [0.29, 0.717) is 40.2 Å². The van der Waals surface area contributed by atoms with Crippen LogP contribution < -0.4 is 11.0 Å². The third-order valence-electron chi connectivity index (χ3n) is 6.33. The number of para-hydroxylation sites is 1. The van der Waals surface area contributed by atoms with Crippen LogP contribution in [0.1, 0.15) is 28.4 Å². The molecule has 0 radical (unpaired) electrons. The number of nitrogens with zero attached hydrogens (tertiary/aromatic N) is 3. The van der Waals surface area contributed by atoms with Gasteiger partial charge in [0.2, 0.25) is 0 Å². The van der Waals surface area contributed by atoms with Gasteiger partial charge in [-0.2, -0.15) is 5.10 Å². The monoisotopic (exact) mass is 486 g/mol. The van der Waals surface area contributed by atoms with Crippen molar-refractivity contribution in [2.24, 2.45) is 5.10 Å². The molecule has 0 spiro atoms. The van der Waals surface area contributed by atoms with Crippen molar-refractivity contribution in [3.8, 4) is 17.3 Å². The van der Waals surface area contributed by atoms with Crippen molar-refractivity contribution in [1.29, 1.82) is 0 Å². The maximum absolute atomic E-state index is 13.4. The Morgan fingerprint density at radius 2 is 1.73 bits per heavy atom. The number of furan rings is 1. The lowest BCUT2D eigenvalue weighted by Gasteiger charge is -2.12. The maximum atomic E-state index is 13.4. The van der Waals surface area contributed by atoms with Crippen molar-refractivity contribution in [1.82, 2.24) is 15.0 Å². The number of aromatic nitrogens is 2. The molecule has 1 unspecified atom stereocenters. The van der Waals surface area contributed by atoms with Crippen molar-refractivity contribution in [2.75, 3.05) is 0 Å². The molecule has 3 aromatic carbocycles. The molecule has 0 saturated heterocycles. The van der Waals surface area contributed by atoms with E-state index in [-0.39, 0.29) is 17.4 Å². The molecule has 1 atom stereocenters. The summed E-state index contributed by atoms with van der Waals surface area (Å²) in [5, 5.41) is 4.86. The van der Waals surface area contributed by atoms with E-state index in [9.17, 15) is 9.59 Å². The minimum absolute atomic E-state index is 0.104. The summed E-state index contributed by atoms with van der Waals surface area (Å²) in [5.74, 6) is 0.728. The van der Waals surface area contributed by atoms with E-state index in [4.69, 9.17) is 4.42 Å². The van der Waals surface area contributed by atoms with Gasteiger partial charge in [0.05, 0.1) is 34.6 Å². The van der Waals surface area contributed by atoms with Gasteiger partial charge in [0.15, 0.2) is 17.4 Å². The molecule has 180 valence electrons. The molecule has 37 heavy (non-hydrogen) atoms. The van der Waals surface area contributed by atoms with Crippen molar-refractivity contribution >= 4 is 22.4 Å². The normalized spacial score (nSPS) is 15.1. The molecule has 3 heterocycles. The largest absolute Gasteiger partial charge is 0.461 e. The summed E-state index contributed by atoms with van der Waals surface area (Å²) >= 11 is 0. The zero-order valence-corrected chi connectivity index (χ0v) is 19.7. The third-order valence-corrected chi connectivity index (χ3v) is 6.33. The van der Waals surface area contributed by atoms with Gasteiger partial charge in [-0.15, -0.1) is 0 Å². The number of allylic oxidation sites excluding steroid dienone is 2. The van der Waals surface area contributed by atoms with Crippen LogP contribution in [0.4, 0.5) is 0 Å². The first-order valence-electron chi connectivity index (χ1n) is 11.9. The van der Waals surface area contributed by atoms with Crippen LogP contribution in [-0.2, 0) is 0 Å². The Kier molecular flexibility index (Phi) is 5.78. The third kappa shape index (κ3) is 4.38. The highest BCUT2D eigenvalue weighted by molar-refractivity contribution is 6.09. The molecule has 1 N–H and O–H groups in total. The van der Waals surface area contributed by atoms with E-state index in [0.717, 1.165) is 11.3 Å². The fourth-order valence-corrected chi connectivity index (χ4v) is 4.43. The van der Waals surface area contributed by atoms with Crippen LogP contribution in [0.5, 0.6) is 0 Å². The van der Waals surface area contributed by atoms with Gasteiger partial charge in [0, 0.05) is 12.0 Å². The average Bonchev–Trinajstić information content (AvgIpc) is 3.65. The molecule has 0 saturated carbocycles. The summed E-state index contributed by atoms with van der Waals surface area (Å²) in [6.45, 7) is 0. The second-order valence-electron chi connectivity index (χ2n) is 8.71. The average molecular weight is 487 g/mol. The van der Waals surface area contributed by atoms with E-state index in [2.05, 4.69) is 27.6 Å². The number of hydrazone groups is 1. The van der Waals surface area contributed by atoms with Gasteiger partial charge >= 0.3 is 0 Å². The van der Waals surface area contributed by atoms with E-state index < -0.39 is 0 Å². The number of fused-ring (bicyclic) bond motifs is 1. The number of nitrogens with one attached hydrogen (secondary N) is 1. The number of benzene rings is 3. The summed E-state index contributed by atoms with van der Waals surface area (Å²) in [4.78, 5) is 31.0. The first-order valence-corrected chi connectivity index (χ1v) is 11.9. The molecule has 2 aromatic heterocycles. The number of carbonyl (C=O) groups excluding carboxylic acids is 1. The predicted octanol–water partition coefficient (Wildman–Crippen LogP) is 5.48. The second-order valence-corrected chi connectivity index (χ2v) is 8.71. The molecule has 6 rings (SSSR count). The van der Waals surface area contributed by atoms with E-state index >= 15 is 0 Å². The highest BCUT2D eigenvalue weighted by atomic mass is 16.3. The molecule has 1 aliphatic heterocycles. The fourth-order valence-electron chi connectivity index (χ4n) is 4.43. The van der Waals surface area contributed by atoms with Gasteiger partial charge in [0.25, 0.3) is 5.56 Å². The van der Waals surface area contributed by atoms with Crippen molar-refractivity contribution in [3.63, 3.8) is 0 Å². The summed E-state index contributed by atoms with van der Waals surface area (Å²) in [7, 11) is 0. The number of hydrogen-bond acceptors (Lipinski definition) is 6. The Balaban J connectivity index is 1.25. The molecular weight excluding hydrogens is 464 g/mol. The lowest BCUT2D eigenvalue weighted by atomic mass is 10.0. The van der Waals surface area contributed by atoms with E-state index in [1.165, 1.54) is 10.6 Å². The maximum Gasteiger partial charge on any atom is 0.266 e. The molecule has 0 bridgehead atoms. The highest BCUT2D eigenvalue weighted by Gasteiger charge is 2.19. The highest BCUT2D eigenvalue weighted by Crippen LogP contribution is 2.24. The first kappa shape index (κ1) is 22.4. The number of carbonyl (C=O) groups is 1. The van der Waals surface area contributed by atoms with Gasteiger partial charge in [-0.25, -0.2) is 4.98 Å². The summed E-state index contributed by atoms with van der Waals surface area (Å²) in [6.07, 6.45) is 5.53. The number of ketones is 1. The molecule has 0 fully saturated rings. The van der Waals surface area contributed by atoms with Gasteiger partial charge in [-0.3, -0.25) is 14.2 Å². The zero-order chi connectivity index (χ0) is 25.2. The molecule has 0 amide bonds. The molecule has 5 aromatic rings. The van der Waals surface area contributed by atoms with Crippen molar-refractivity contribution in [3.05, 3.63) is 131 Å². The Bertz CT molecular complexity index is 1700. The lowest BCUT2D eigenvalue weighted by Crippen LogP contribution is -2.21. The Morgan fingerprint density at radius 3 is 2.51 bits per heavy atom. The minimum atomic E-state index is -0.212. The quantitative estimate of drug-likeness (QED) is 0.254. The molecule has 7 nitrogen and oxygen atoms in total. The predicted molar refractivity (Wildman–Crippen MR) is 143 cm³/mol. The number of hydrogen-bond donors (Lipinski definition) is 1. The lowest BCUT2D eigenvalue weighted by molar-refractivity contribution is 0.104. The second kappa shape index (κ2) is 9.54. The zero-order valence-electron chi connectivity index (χ0n) is 19.7. The number of rotatable bonds is 6. The summed E-state index contributed by atoms with van der Waals surface area (Å²) in [6, 6.07) is 27.8. The van der Waals surface area contributed by atoms with Gasteiger partial charge in [-0.05, 0) is 66.2 Å². The van der Waals surface area contributed by atoms with Crippen LogP contribution in [0, 0.1) is 0 Å².